The average Bonchev–Trinajstić information content (AvgIpc) is 3.29. The Bertz CT molecular complexity index is 1080. The van der Waals surface area contributed by atoms with Gasteiger partial charge in [0.2, 0.25) is 5.91 Å². The normalized spacial score (nSPS) is 25.9. The SMILES string of the molecule is Cc1csc2sc(C=CC(=O)NC3C4CCN(CC4)C3Cc3cccnc3)c(C)c12. The number of hydrogen-bond donors (Lipinski definition) is 1. The van der Waals surface area contributed by atoms with E-state index in [9.17, 15) is 4.79 Å². The number of hydrogen-bond acceptors (Lipinski definition) is 5. The van der Waals surface area contributed by atoms with E-state index < -0.39 is 0 Å². The Morgan fingerprint density at radius 2 is 2.17 bits per heavy atom. The number of carbonyl (C=O) groups excluding carboxylic acids is 1. The van der Waals surface area contributed by atoms with Gasteiger partial charge in [-0.1, -0.05) is 6.07 Å². The molecule has 3 aromatic heterocycles. The molecule has 2 atom stereocenters. The molecule has 0 radical (unpaired) electrons. The lowest BCUT2D eigenvalue weighted by atomic mass is 9.77. The summed E-state index contributed by atoms with van der Waals surface area (Å²) >= 11 is 3.58. The number of aromatic nitrogens is 1. The Hall–Kier alpha value is -2.02. The minimum Gasteiger partial charge on any atom is -0.348 e. The van der Waals surface area contributed by atoms with E-state index in [1.165, 1.54) is 43.8 Å². The zero-order chi connectivity index (χ0) is 20.7. The smallest absolute Gasteiger partial charge is 0.244 e. The molecule has 0 aromatic carbocycles. The highest BCUT2D eigenvalue weighted by Gasteiger charge is 2.42. The van der Waals surface area contributed by atoms with E-state index in [0.29, 0.717) is 12.0 Å². The number of thiophene rings is 2. The standard InChI is InChI=1S/C24H27N3OS2/c1-15-14-29-24-22(15)16(2)20(30-24)5-6-21(28)26-23-18-7-10-27(11-8-18)19(23)12-17-4-3-9-25-13-17/h3-6,9,13-14,18-19,23H,7-8,10-12H2,1-2H3,(H,26,28). The van der Waals surface area contributed by atoms with Crippen molar-refractivity contribution < 1.29 is 4.79 Å². The Kier molecular flexibility index (Phi) is 5.48. The van der Waals surface area contributed by atoms with Crippen molar-refractivity contribution in [2.24, 2.45) is 5.92 Å². The summed E-state index contributed by atoms with van der Waals surface area (Å²) in [6.07, 6.45) is 10.8. The number of carbonyl (C=O) groups is 1. The predicted molar refractivity (Wildman–Crippen MR) is 126 cm³/mol. The molecule has 0 spiro atoms. The summed E-state index contributed by atoms with van der Waals surface area (Å²) in [5, 5.41) is 6.94. The highest BCUT2D eigenvalue weighted by molar-refractivity contribution is 7.38. The summed E-state index contributed by atoms with van der Waals surface area (Å²) in [4.78, 5) is 20.9. The molecule has 2 bridgehead atoms. The molecule has 3 aliphatic heterocycles. The van der Waals surface area contributed by atoms with Crippen molar-refractivity contribution in [3.05, 3.63) is 57.6 Å². The number of aryl methyl sites for hydroxylation is 2. The first-order chi connectivity index (χ1) is 14.6. The van der Waals surface area contributed by atoms with E-state index in [1.54, 1.807) is 28.7 Å². The topological polar surface area (TPSA) is 45.2 Å². The van der Waals surface area contributed by atoms with Gasteiger partial charge in [0.25, 0.3) is 0 Å². The molecule has 4 nitrogen and oxygen atoms in total. The van der Waals surface area contributed by atoms with E-state index in [0.717, 1.165) is 19.5 Å². The van der Waals surface area contributed by atoms with E-state index in [4.69, 9.17) is 0 Å². The predicted octanol–water partition coefficient (Wildman–Crippen LogP) is 4.81. The Morgan fingerprint density at radius 3 is 2.90 bits per heavy atom. The van der Waals surface area contributed by atoms with Crippen LogP contribution in [0.25, 0.3) is 15.5 Å². The second-order valence-electron chi connectivity index (χ2n) is 8.55. The molecule has 156 valence electrons. The number of nitrogens with one attached hydrogen (secondary N) is 1. The maximum atomic E-state index is 12.9. The minimum absolute atomic E-state index is 0.0258. The van der Waals surface area contributed by atoms with Crippen molar-refractivity contribution in [1.82, 2.24) is 15.2 Å². The Balaban J connectivity index is 1.31. The molecule has 6 heteroatoms. The summed E-state index contributed by atoms with van der Waals surface area (Å²) in [5.74, 6) is 0.600. The van der Waals surface area contributed by atoms with Gasteiger partial charge in [-0.15, -0.1) is 22.7 Å². The van der Waals surface area contributed by atoms with Crippen LogP contribution in [0.4, 0.5) is 0 Å². The van der Waals surface area contributed by atoms with Crippen LogP contribution >= 0.6 is 22.7 Å². The van der Waals surface area contributed by atoms with Gasteiger partial charge in [-0.05, 0) is 86.3 Å². The van der Waals surface area contributed by atoms with Crippen molar-refractivity contribution in [2.45, 2.75) is 45.2 Å². The van der Waals surface area contributed by atoms with Crippen LogP contribution in [0.5, 0.6) is 0 Å². The number of rotatable bonds is 5. The molecular weight excluding hydrogens is 410 g/mol. The lowest BCUT2D eigenvalue weighted by Gasteiger charge is -2.51. The molecule has 6 rings (SSSR count). The van der Waals surface area contributed by atoms with Crippen LogP contribution in [0.1, 0.15) is 34.4 Å². The van der Waals surface area contributed by atoms with Gasteiger partial charge in [0.1, 0.15) is 0 Å². The van der Waals surface area contributed by atoms with Gasteiger partial charge in [0.15, 0.2) is 0 Å². The van der Waals surface area contributed by atoms with E-state index in [2.05, 4.69) is 40.5 Å². The van der Waals surface area contributed by atoms with Crippen LogP contribution in [-0.2, 0) is 11.2 Å². The first-order valence-electron chi connectivity index (χ1n) is 10.7. The molecular formula is C24H27N3OS2. The van der Waals surface area contributed by atoms with Crippen LogP contribution in [0.15, 0.2) is 36.0 Å². The van der Waals surface area contributed by atoms with Gasteiger partial charge in [-0.3, -0.25) is 14.7 Å². The van der Waals surface area contributed by atoms with Gasteiger partial charge in [0.05, 0.1) is 4.01 Å². The number of amides is 1. The van der Waals surface area contributed by atoms with Crippen molar-refractivity contribution in [3.63, 3.8) is 0 Å². The summed E-state index contributed by atoms with van der Waals surface area (Å²) in [6, 6.07) is 4.70. The van der Waals surface area contributed by atoms with Crippen LogP contribution in [-0.4, -0.2) is 41.0 Å². The molecule has 3 saturated heterocycles. The molecule has 3 aliphatic rings. The minimum atomic E-state index is 0.0258. The largest absolute Gasteiger partial charge is 0.348 e. The monoisotopic (exact) mass is 437 g/mol. The van der Waals surface area contributed by atoms with Gasteiger partial charge in [0, 0.05) is 40.8 Å². The molecule has 3 aromatic rings. The third kappa shape index (κ3) is 3.72. The number of nitrogens with zero attached hydrogens (tertiary/aromatic N) is 2. The summed E-state index contributed by atoms with van der Waals surface area (Å²) in [6.45, 7) is 6.60. The molecule has 0 saturated carbocycles. The van der Waals surface area contributed by atoms with Crippen LogP contribution < -0.4 is 5.32 Å². The second kappa shape index (κ2) is 8.25. The third-order valence-electron chi connectivity index (χ3n) is 6.72. The molecule has 1 amide bonds. The first-order valence-corrected chi connectivity index (χ1v) is 12.4. The fraction of sp³-hybridized carbons (Fsp3) is 0.417. The van der Waals surface area contributed by atoms with Crippen LogP contribution in [0.2, 0.25) is 0 Å². The average molecular weight is 438 g/mol. The fourth-order valence-corrected chi connectivity index (χ4v) is 7.60. The lowest BCUT2D eigenvalue weighted by Crippen LogP contribution is -2.64. The van der Waals surface area contributed by atoms with Crippen LogP contribution in [0.3, 0.4) is 0 Å². The van der Waals surface area contributed by atoms with Crippen molar-refractivity contribution in [3.8, 4) is 0 Å². The molecule has 2 unspecified atom stereocenters. The quantitative estimate of drug-likeness (QED) is 0.583. The van der Waals surface area contributed by atoms with Gasteiger partial charge >= 0.3 is 0 Å². The molecule has 3 fully saturated rings. The van der Waals surface area contributed by atoms with Gasteiger partial charge < -0.3 is 5.32 Å². The molecule has 0 aliphatic carbocycles. The Labute approximate surface area is 185 Å². The number of piperidine rings is 3. The van der Waals surface area contributed by atoms with Gasteiger partial charge in [-0.25, -0.2) is 0 Å². The highest BCUT2D eigenvalue weighted by atomic mass is 32.2. The third-order valence-corrected chi connectivity index (χ3v) is 9.20. The molecule has 6 heterocycles. The fourth-order valence-electron chi connectivity index (χ4n) is 5.15. The highest BCUT2D eigenvalue weighted by Crippen LogP contribution is 2.38. The summed E-state index contributed by atoms with van der Waals surface area (Å²) in [5.41, 5.74) is 3.86. The van der Waals surface area contributed by atoms with Crippen LogP contribution in [0, 0.1) is 19.8 Å². The number of fused-ring (bicyclic) bond motifs is 4. The second-order valence-corrected chi connectivity index (χ2v) is 10.7. The maximum Gasteiger partial charge on any atom is 0.244 e. The molecule has 30 heavy (non-hydrogen) atoms. The van der Waals surface area contributed by atoms with E-state index in [-0.39, 0.29) is 11.9 Å². The zero-order valence-electron chi connectivity index (χ0n) is 17.4. The molecule has 1 N–H and O–H groups in total. The maximum absolute atomic E-state index is 12.9. The van der Waals surface area contributed by atoms with Crippen molar-refractivity contribution in [2.75, 3.05) is 13.1 Å². The first kappa shape index (κ1) is 19.9. The van der Waals surface area contributed by atoms with E-state index >= 15 is 0 Å². The van der Waals surface area contributed by atoms with Gasteiger partial charge in [-0.2, -0.15) is 0 Å². The summed E-state index contributed by atoms with van der Waals surface area (Å²) < 4.78 is 1.35. The lowest BCUT2D eigenvalue weighted by molar-refractivity contribution is -0.119. The summed E-state index contributed by atoms with van der Waals surface area (Å²) in [7, 11) is 0. The zero-order valence-corrected chi connectivity index (χ0v) is 19.1. The van der Waals surface area contributed by atoms with Crippen molar-refractivity contribution in [1.29, 1.82) is 0 Å². The number of pyridine rings is 1. The Morgan fingerprint density at radius 1 is 1.33 bits per heavy atom. The van der Waals surface area contributed by atoms with E-state index in [1.807, 2.05) is 24.5 Å². The van der Waals surface area contributed by atoms with Crippen molar-refractivity contribution >= 4 is 44.1 Å².